The average molecular weight is 523 g/mol. The maximum absolute atomic E-state index is 14.0. The zero-order valence-electron chi connectivity index (χ0n) is 17.2. The summed E-state index contributed by atoms with van der Waals surface area (Å²) < 4.78 is 19.5. The Hall–Kier alpha value is -2.54. The molecule has 8 heteroatoms. The minimum absolute atomic E-state index is 0. The second-order valence-corrected chi connectivity index (χ2v) is 6.95. The number of nitrogens with one attached hydrogen (secondary N) is 2. The first-order valence-electron chi connectivity index (χ1n) is 9.68. The lowest BCUT2D eigenvalue weighted by atomic mass is 10.0. The molecule has 0 aliphatic carbocycles. The Morgan fingerprint density at radius 1 is 1.33 bits per heavy atom. The number of piperidine rings is 1. The van der Waals surface area contributed by atoms with Gasteiger partial charge in [0.25, 0.3) is 0 Å². The Morgan fingerprint density at radius 3 is 2.87 bits per heavy atom. The van der Waals surface area contributed by atoms with Gasteiger partial charge in [-0.3, -0.25) is 4.99 Å². The van der Waals surface area contributed by atoms with Crippen LogP contribution < -0.4 is 20.3 Å². The third-order valence-corrected chi connectivity index (χ3v) is 5.03. The molecule has 0 amide bonds. The second-order valence-electron chi connectivity index (χ2n) is 6.95. The summed E-state index contributed by atoms with van der Waals surface area (Å²) in [6, 6.07) is 14.6. The van der Waals surface area contributed by atoms with Crippen LogP contribution in [-0.2, 0) is 6.54 Å². The molecular formula is C22H27FIN5O. The van der Waals surface area contributed by atoms with Gasteiger partial charge in [0, 0.05) is 38.3 Å². The Labute approximate surface area is 194 Å². The molecule has 160 valence electrons. The van der Waals surface area contributed by atoms with E-state index in [0.29, 0.717) is 17.1 Å². The molecule has 1 aliphatic heterocycles. The highest BCUT2D eigenvalue weighted by molar-refractivity contribution is 14.0. The van der Waals surface area contributed by atoms with Crippen molar-refractivity contribution < 1.29 is 9.13 Å². The lowest BCUT2D eigenvalue weighted by molar-refractivity contribution is 0.408. The molecule has 0 saturated carbocycles. The van der Waals surface area contributed by atoms with E-state index in [1.807, 2.05) is 24.3 Å². The number of para-hydroxylation sites is 2. The predicted octanol–water partition coefficient (Wildman–Crippen LogP) is 3.66. The van der Waals surface area contributed by atoms with Crippen molar-refractivity contribution in [2.75, 3.05) is 32.1 Å². The molecule has 2 aromatic rings. The van der Waals surface area contributed by atoms with Gasteiger partial charge < -0.3 is 20.3 Å². The Kier molecular flexibility index (Phi) is 9.17. The lowest BCUT2D eigenvalue weighted by Gasteiger charge is -2.36. The van der Waals surface area contributed by atoms with Gasteiger partial charge in [-0.2, -0.15) is 5.26 Å². The molecule has 0 aromatic heterocycles. The van der Waals surface area contributed by atoms with Crippen LogP contribution in [0.5, 0.6) is 5.75 Å². The predicted molar refractivity (Wildman–Crippen MR) is 128 cm³/mol. The third-order valence-electron chi connectivity index (χ3n) is 5.03. The lowest BCUT2D eigenvalue weighted by Crippen LogP contribution is -2.51. The number of hydrogen-bond acceptors (Lipinski definition) is 4. The molecule has 1 saturated heterocycles. The Bertz CT molecular complexity index is 915. The van der Waals surface area contributed by atoms with Crippen molar-refractivity contribution in [3.8, 4) is 11.8 Å². The van der Waals surface area contributed by atoms with Gasteiger partial charge >= 0.3 is 0 Å². The van der Waals surface area contributed by atoms with Crippen molar-refractivity contribution in [1.82, 2.24) is 10.6 Å². The van der Waals surface area contributed by atoms with Crippen LogP contribution >= 0.6 is 24.0 Å². The molecule has 1 aliphatic rings. The number of nitriles is 1. The largest absolute Gasteiger partial charge is 0.495 e. The normalized spacial score (nSPS) is 16.3. The molecule has 2 aromatic carbocycles. The molecule has 1 fully saturated rings. The van der Waals surface area contributed by atoms with Gasteiger partial charge in [0.05, 0.1) is 24.4 Å². The van der Waals surface area contributed by atoms with Crippen LogP contribution in [0.1, 0.15) is 24.0 Å². The van der Waals surface area contributed by atoms with E-state index in [4.69, 9.17) is 10.00 Å². The summed E-state index contributed by atoms with van der Waals surface area (Å²) in [5.74, 6) is 1.13. The van der Waals surface area contributed by atoms with Crippen molar-refractivity contribution in [3.63, 3.8) is 0 Å². The maximum Gasteiger partial charge on any atom is 0.191 e. The van der Waals surface area contributed by atoms with Crippen molar-refractivity contribution in [2.24, 2.45) is 4.99 Å². The van der Waals surface area contributed by atoms with E-state index in [1.165, 1.54) is 12.1 Å². The molecule has 1 unspecified atom stereocenters. The van der Waals surface area contributed by atoms with Gasteiger partial charge in [0.2, 0.25) is 0 Å². The van der Waals surface area contributed by atoms with Gasteiger partial charge in [0.15, 0.2) is 5.96 Å². The molecule has 0 bridgehead atoms. The third kappa shape index (κ3) is 5.98. The number of methoxy groups -OCH3 is 1. The molecule has 0 radical (unpaired) electrons. The van der Waals surface area contributed by atoms with E-state index in [2.05, 4.69) is 26.6 Å². The van der Waals surface area contributed by atoms with Gasteiger partial charge in [-0.1, -0.05) is 12.1 Å². The van der Waals surface area contributed by atoms with Crippen LogP contribution in [0.3, 0.4) is 0 Å². The molecule has 1 heterocycles. The highest BCUT2D eigenvalue weighted by Gasteiger charge is 2.22. The summed E-state index contributed by atoms with van der Waals surface area (Å²) in [4.78, 5) is 6.57. The quantitative estimate of drug-likeness (QED) is 0.356. The number of hydrogen-bond donors (Lipinski definition) is 2. The van der Waals surface area contributed by atoms with E-state index < -0.39 is 0 Å². The number of ether oxygens (including phenoxy) is 1. The fourth-order valence-corrected chi connectivity index (χ4v) is 3.55. The standard InChI is InChI=1S/C22H26FN5O.HI/c1-25-22(26-14-17-12-16(13-24)9-10-19(17)23)27-18-6-5-11-28(15-18)20-7-3-4-8-21(20)29-2;/h3-4,7-10,12,18H,5-6,11,14-15H2,1-2H3,(H2,25,26,27);1H. The maximum atomic E-state index is 14.0. The monoisotopic (exact) mass is 523 g/mol. The van der Waals surface area contributed by atoms with E-state index >= 15 is 0 Å². The topological polar surface area (TPSA) is 72.7 Å². The van der Waals surface area contributed by atoms with E-state index in [9.17, 15) is 4.39 Å². The minimum atomic E-state index is -0.341. The van der Waals surface area contributed by atoms with E-state index in [0.717, 1.165) is 37.4 Å². The highest BCUT2D eigenvalue weighted by atomic mass is 127. The van der Waals surface area contributed by atoms with Crippen LogP contribution in [0.25, 0.3) is 0 Å². The summed E-state index contributed by atoms with van der Waals surface area (Å²) in [7, 11) is 3.38. The number of nitrogens with zero attached hydrogens (tertiary/aromatic N) is 3. The van der Waals surface area contributed by atoms with Gasteiger partial charge in [-0.15, -0.1) is 24.0 Å². The number of rotatable bonds is 5. The fraction of sp³-hybridized carbons (Fsp3) is 0.364. The summed E-state index contributed by atoms with van der Waals surface area (Å²) in [5, 5.41) is 15.6. The van der Waals surface area contributed by atoms with Crippen LogP contribution in [0.2, 0.25) is 0 Å². The van der Waals surface area contributed by atoms with Crippen LogP contribution in [-0.4, -0.2) is 39.2 Å². The fourth-order valence-electron chi connectivity index (χ4n) is 3.55. The average Bonchev–Trinajstić information content (AvgIpc) is 2.77. The molecule has 1 atom stereocenters. The zero-order chi connectivity index (χ0) is 20.6. The van der Waals surface area contributed by atoms with Crippen LogP contribution in [0.15, 0.2) is 47.5 Å². The number of guanidine groups is 1. The number of benzene rings is 2. The molecule has 3 rings (SSSR count). The van der Waals surface area contributed by atoms with Gasteiger partial charge in [0.1, 0.15) is 11.6 Å². The van der Waals surface area contributed by atoms with Gasteiger partial charge in [-0.25, -0.2) is 4.39 Å². The molecule has 2 N–H and O–H groups in total. The van der Waals surface area contributed by atoms with E-state index in [-0.39, 0.29) is 42.4 Å². The smallest absolute Gasteiger partial charge is 0.191 e. The Balaban J connectivity index is 0.00000320. The van der Waals surface area contributed by atoms with E-state index in [1.54, 1.807) is 20.2 Å². The van der Waals surface area contributed by atoms with Crippen molar-refractivity contribution in [3.05, 3.63) is 59.4 Å². The first-order chi connectivity index (χ1) is 14.1. The van der Waals surface area contributed by atoms with Crippen LogP contribution in [0, 0.1) is 17.1 Å². The summed E-state index contributed by atoms with van der Waals surface area (Å²) in [6.45, 7) is 2.04. The minimum Gasteiger partial charge on any atom is -0.495 e. The number of aliphatic imine (C=N–C) groups is 1. The van der Waals surface area contributed by atoms with Crippen molar-refractivity contribution in [2.45, 2.75) is 25.4 Å². The first kappa shape index (κ1) is 23.7. The molecule has 6 nitrogen and oxygen atoms in total. The summed E-state index contributed by atoms with van der Waals surface area (Å²) in [5.41, 5.74) is 1.96. The SMILES string of the molecule is CN=C(NCc1cc(C#N)ccc1F)NC1CCCN(c2ccccc2OC)C1.I. The summed E-state index contributed by atoms with van der Waals surface area (Å²) >= 11 is 0. The van der Waals surface area contributed by atoms with Crippen molar-refractivity contribution in [1.29, 1.82) is 5.26 Å². The highest BCUT2D eigenvalue weighted by Crippen LogP contribution is 2.29. The zero-order valence-corrected chi connectivity index (χ0v) is 19.5. The molecule has 30 heavy (non-hydrogen) atoms. The molecule has 0 spiro atoms. The van der Waals surface area contributed by atoms with Crippen molar-refractivity contribution >= 4 is 35.6 Å². The van der Waals surface area contributed by atoms with Crippen LogP contribution in [0.4, 0.5) is 10.1 Å². The summed E-state index contributed by atoms with van der Waals surface area (Å²) in [6.07, 6.45) is 2.07. The van der Waals surface area contributed by atoms with Gasteiger partial charge in [-0.05, 0) is 43.2 Å². The molecular weight excluding hydrogens is 496 g/mol. The first-order valence-corrected chi connectivity index (χ1v) is 9.68. The second kappa shape index (κ2) is 11.6. The number of halogens is 2. The Morgan fingerprint density at radius 2 is 2.13 bits per heavy atom. The number of anilines is 1.